The summed E-state index contributed by atoms with van der Waals surface area (Å²) in [5.74, 6) is -2.80. The Hall–Kier alpha value is -6.29. The number of benzene rings is 2. The topological polar surface area (TPSA) is 311 Å². The summed E-state index contributed by atoms with van der Waals surface area (Å²) in [7, 11) is -4.80. The van der Waals surface area contributed by atoms with E-state index in [1.807, 2.05) is 0 Å². The molecule has 0 unspecified atom stereocenters. The molecule has 3 aromatic rings. The molecule has 0 spiro atoms. The van der Waals surface area contributed by atoms with E-state index >= 15 is 0 Å². The first kappa shape index (κ1) is 42.8. The van der Waals surface area contributed by atoms with Gasteiger partial charge in [0.25, 0.3) is 29.3 Å². The Kier molecular flexibility index (Phi) is 13.9. The van der Waals surface area contributed by atoms with E-state index in [1.54, 1.807) is 6.92 Å². The minimum Gasteiger partial charge on any atom is -0.390 e. The van der Waals surface area contributed by atoms with Crippen molar-refractivity contribution in [2.75, 3.05) is 23.8 Å². The molecular formula is C35H37N8O14P. The van der Waals surface area contributed by atoms with Crippen molar-refractivity contribution < 1.29 is 57.6 Å². The highest BCUT2D eigenvalue weighted by Crippen LogP contribution is 2.38. The van der Waals surface area contributed by atoms with E-state index in [-0.39, 0.29) is 59.5 Å². The molecule has 1 fully saturated rings. The molecule has 1 saturated heterocycles. The first-order valence-corrected chi connectivity index (χ1v) is 19.0. The Morgan fingerprint density at radius 3 is 2.34 bits per heavy atom. The normalized spacial score (nSPS) is 18.0. The van der Waals surface area contributed by atoms with Crippen LogP contribution in [0.5, 0.6) is 0 Å². The number of phosphoric ester groups is 1. The Morgan fingerprint density at radius 1 is 1.00 bits per heavy atom. The molecule has 23 heteroatoms. The Labute approximate surface area is 327 Å². The molecule has 0 radical (unpaired) electrons. The van der Waals surface area contributed by atoms with Crippen LogP contribution in [0.1, 0.15) is 71.5 Å². The van der Waals surface area contributed by atoms with Gasteiger partial charge in [0.2, 0.25) is 5.91 Å². The lowest BCUT2D eigenvalue weighted by Gasteiger charge is -2.16. The molecule has 3 heterocycles. The average molecular weight is 825 g/mol. The van der Waals surface area contributed by atoms with Crippen molar-refractivity contribution in [3.63, 3.8) is 0 Å². The Morgan fingerprint density at radius 2 is 1.69 bits per heavy atom. The molecule has 1 aromatic heterocycles. The first-order valence-electron chi connectivity index (χ1n) is 17.5. The first-order chi connectivity index (χ1) is 27.5. The van der Waals surface area contributed by atoms with E-state index in [0.717, 1.165) is 15.5 Å². The van der Waals surface area contributed by atoms with Gasteiger partial charge in [-0.2, -0.15) is 10.1 Å². The van der Waals surface area contributed by atoms with E-state index < -0.39 is 66.9 Å². The van der Waals surface area contributed by atoms with E-state index in [9.17, 15) is 48.6 Å². The number of nitro benzene ring substituents is 1. The van der Waals surface area contributed by atoms with Gasteiger partial charge in [-0.25, -0.2) is 14.8 Å². The summed E-state index contributed by atoms with van der Waals surface area (Å²) in [6, 6.07) is 10.8. The lowest BCUT2D eigenvalue weighted by Crippen LogP contribution is -2.30. The number of carbonyl (C=O) groups excluding carboxylic acids is 5. The van der Waals surface area contributed by atoms with Gasteiger partial charge in [0.1, 0.15) is 23.7 Å². The quantitative estimate of drug-likeness (QED) is 0.0282. The molecule has 0 bridgehead atoms. The lowest BCUT2D eigenvalue weighted by atomic mass is 10.1. The van der Waals surface area contributed by atoms with Crippen molar-refractivity contribution >= 4 is 60.3 Å². The third-order valence-corrected chi connectivity index (χ3v) is 9.28. The number of nitro groups is 1. The molecular weight excluding hydrogens is 787 g/mol. The molecule has 306 valence electrons. The number of hydrazone groups is 1. The van der Waals surface area contributed by atoms with Crippen LogP contribution in [0.25, 0.3) is 0 Å². The number of amides is 5. The number of carbonyl (C=O) groups is 5. The second-order valence-electron chi connectivity index (χ2n) is 12.9. The molecule has 6 N–H and O–H groups in total. The minimum atomic E-state index is -4.80. The summed E-state index contributed by atoms with van der Waals surface area (Å²) in [4.78, 5) is 108. The summed E-state index contributed by atoms with van der Waals surface area (Å²) in [6.45, 7) is 1.17. The van der Waals surface area contributed by atoms with Gasteiger partial charge in [-0.15, -0.1) is 0 Å². The van der Waals surface area contributed by atoms with Crippen LogP contribution in [0.3, 0.4) is 0 Å². The number of hydrogen-bond donors (Lipinski definition) is 6. The van der Waals surface area contributed by atoms with Crippen LogP contribution in [0, 0.1) is 10.1 Å². The third kappa shape index (κ3) is 11.4. The smallest absolute Gasteiger partial charge is 0.390 e. The predicted octanol–water partition coefficient (Wildman–Crippen LogP) is 1.74. The van der Waals surface area contributed by atoms with Crippen molar-refractivity contribution in [3.05, 3.63) is 104 Å². The number of imide groups is 1. The number of nitrogens with zero attached hydrogens (tertiary/aromatic N) is 5. The molecule has 0 saturated carbocycles. The predicted molar refractivity (Wildman–Crippen MR) is 201 cm³/mol. The highest BCUT2D eigenvalue weighted by molar-refractivity contribution is 7.46. The number of aromatic nitrogens is 2. The van der Waals surface area contributed by atoms with Gasteiger partial charge in [0.05, 0.1) is 23.3 Å². The van der Waals surface area contributed by atoms with E-state index in [2.05, 4.69) is 30.7 Å². The summed E-state index contributed by atoms with van der Waals surface area (Å²) < 4.78 is 21.9. The van der Waals surface area contributed by atoms with Crippen LogP contribution in [0.2, 0.25) is 0 Å². The van der Waals surface area contributed by atoms with Gasteiger partial charge in [-0.05, 0) is 55.7 Å². The van der Waals surface area contributed by atoms with Crippen molar-refractivity contribution in [1.29, 1.82) is 0 Å². The molecule has 58 heavy (non-hydrogen) atoms. The van der Waals surface area contributed by atoms with Crippen LogP contribution in [-0.4, -0.2) is 94.9 Å². The number of hydrogen-bond acceptors (Lipinski definition) is 14. The fourth-order valence-corrected chi connectivity index (χ4v) is 6.12. The number of unbranched alkanes of at least 4 members (excludes halogenated alkanes) is 2. The van der Waals surface area contributed by atoms with Gasteiger partial charge in [0.15, 0.2) is 0 Å². The summed E-state index contributed by atoms with van der Waals surface area (Å²) >= 11 is 0. The number of anilines is 2. The number of aliphatic hydroxyl groups excluding tert-OH is 1. The maximum atomic E-state index is 12.9. The SMILES string of the molecule is C/C(=N\NC(=O)c1ccc(NC(=O)CCCCCN2C(=O)C=CC2=O)cc1[N+](=O)[O-])c1ccc(C(=O)Nc2ccn([C@H]3C[C@@H](O)[C@@H](COP(=O)(O)O)O3)c(=O)n2)cc1. The molecule has 2 aliphatic rings. The van der Waals surface area contributed by atoms with Crippen molar-refractivity contribution in [3.8, 4) is 0 Å². The zero-order valence-electron chi connectivity index (χ0n) is 30.5. The maximum absolute atomic E-state index is 12.9. The zero-order valence-corrected chi connectivity index (χ0v) is 31.4. The second-order valence-corrected chi connectivity index (χ2v) is 14.1. The Balaban J connectivity index is 1.11. The average Bonchev–Trinajstić information content (AvgIpc) is 3.71. The van der Waals surface area contributed by atoms with Gasteiger partial charge in [-0.3, -0.25) is 48.1 Å². The number of rotatable bonds is 17. The van der Waals surface area contributed by atoms with E-state index in [4.69, 9.17) is 14.5 Å². The summed E-state index contributed by atoms with van der Waals surface area (Å²) in [5.41, 5.74) is 1.54. The van der Waals surface area contributed by atoms with Gasteiger partial charge < -0.3 is 30.3 Å². The van der Waals surface area contributed by atoms with Crippen molar-refractivity contribution in [2.24, 2.45) is 5.10 Å². The highest BCUT2D eigenvalue weighted by atomic mass is 31.2. The van der Waals surface area contributed by atoms with E-state index in [0.29, 0.717) is 24.8 Å². The number of phosphoric acid groups is 1. The largest absolute Gasteiger partial charge is 0.469 e. The molecule has 3 atom stereocenters. The van der Waals surface area contributed by atoms with Crippen LogP contribution < -0.4 is 21.7 Å². The van der Waals surface area contributed by atoms with Crippen LogP contribution in [0.15, 0.2) is 76.8 Å². The lowest BCUT2D eigenvalue weighted by molar-refractivity contribution is -0.385. The molecule has 5 amide bonds. The van der Waals surface area contributed by atoms with Gasteiger partial charge >= 0.3 is 13.5 Å². The van der Waals surface area contributed by atoms with Crippen LogP contribution in [-0.2, 0) is 28.2 Å². The second kappa shape index (κ2) is 18.8. The van der Waals surface area contributed by atoms with Crippen molar-refractivity contribution in [2.45, 2.75) is 57.5 Å². The zero-order chi connectivity index (χ0) is 42.1. The molecule has 5 rings (SSSR count). The van der Waals surface area contributed by atoms with Crippen LogP contribution in [0.4, 0.5) is 17.2 Å². The standard InChI is InChI=1S/C35H37N8O14P/c1-20(39-40-34(49)24-11-10-23(17-25(24)43(51)52)36-29(45)5-3-2-4-15-41-30(46)12-13-31(41)47)21-6-8-22(9-7-21)33(48)37-28-14-16-42(35(50)38-28)32-18-26(44)27(57-32)19-56-58(53,54)55/h6-14,16-17,26-27,32,44H,2-5,15,18-19H2,1H3,(H,36,45)(H,40,49)(H2,53,54,55)(H,37,38,48,50)/b39-20+/t26-,27-,32-/m1/s1. The van der Waals surface area contributed by atoms with Crippen LogP contribution >= 0.6 is 7.82 Å². The highest BCUT2D eigenvalue weighted by Gasteiger charge is 2.37. The van der Waals surface area contributed by atoms with Gasteiger partial charge in [-0.1, -0.05) is 18.6 Å². The third-order valence-electron chi connectivity index (χ3n) is 8.79. The Bertz CT molecular complexity index is 2250. The van der Waals surface area contributed by atoms with Crippen molar-refractivity contribution in [1.82, 2.24) is 19.9 Å². The molecule has 2 aliphatic heterocycles. The summed E-state index contributed by atoms with van der Waals surface area (Å²) in [5, 5.41) is 31.0. The molecule has 2 aromatic carbocycles. The monoisotopic (exact) mass is 824 g/mol. The summed E-state index contributed by atoms with van der Waals surface area (Å²) in [6.07, 6.45) is 1.86. The fourth-order valence-electron chi connectivity index (χ4n) is 5.78. The van der Waals surface area contributed by atoms with Gasteiger partial charge in [0, 0.05) is 55.1 Å². The maximum Gasteiger partial charge on any atom is 0.469 e. The fraction of sp³-hybridized carbons (Fsp3) is 0.314. The number of nitrogens with one attached hydrogen (secondary N) is 3. The minimum absolute atomic E-state index is 0.0829. The molecule has 0 aliphatic carbocycles. The number of aliphatic hydroxyl groups is 1. The number of ether oxygens (including phenoxy) is 1. The molecule has 22 nitrogen and oxygen atoms in total. The van der Waals surface area contributed by atoms with E-state index in [1.165, 1.54) is 60.8 Å².